The third-order valence-corrected chi connectivity index (χ3v) is 5.36. The molecule has 4 rings (SSSR count). The number of fused-ring (bicyclic) bond motifs is 1. The van der Waals surface area contributed by atoms with Crippen molar-refractivity contribution < 1.29 is 18.7 Å². The highest BCUT2D eigenvalue weighted by molar-refractivity contribution is 5.95. The molecule has 164 valence electrons. The van der Waals surface area contributed by atoms with Gasteiger partial charge in [0.1, 0.15) is 11.1 Å². The van der Waals surface area contributed by atoms with Crippen LogP contribution in [0.3, 0.4) is 0 Å². The minimum atomic E-state index is -0.00247. The zero-order valence-corrected chi connectivity index (χ0v) is 18.2. The van der Waals surface area contributed by atoms with Gasteiger partial charge in [0.15, 0.2) is 0 Å². The van der Waals surface area contributed by atoms with E-state index < -0.39 is 0 Å². The van der Waals surface area contributed by atoms with Crippen molar-refractivity contribution in [2.24, 2.45) is 0 Å². The summed E-state index contributed by atoms with van der Waals surface area (Å²) in [7, 11) is 3.64. The lowest BCUT2D eigenvalue weighted by atomic mass is 10.1. The largest absolute Gasteiger partial charge is 0.495 e. The molecule has 31 heavy (non-hydrogen) atoms. The zero-order chi connectivity index (χ0) is 22.0. The minimum Gasteiger partial charge on any atom is -0.495 e. The second-order valence-electron chi connectivity index (χ2n) is 7.57. The average Bonchev–Trinajstić information content (AvgIpc) is 3.23. The molecule has 1 saturated heterocycles. The number of nitrogens with one attached hydrogen (secondary N) is 1. The van der Waals surface area contributed by atoms with E-state index in [0.29, 0.717) is 53.1 Å². The number of anilines is 2. The molecule has 3 heterocycles. The Kier molecular flexibility index (Phi) is 5.94. The molecule has 1 aliphatic heterocycles. The molecule has 0 saturated carbocycles. The third-order valence-electron chi connectivity index (χ3n) is 5.36. The van der Waals surface area contributed by atoms with Crippen LogP contribution in [0.4, 0.5) is 11.6 Å². The van der Waals surface area contributed by atoms with Crippen LogP contribution < -0.4 is 14.8 Å². The zero-order valence-electron chi connectivity index (χ0n) is 18.2. The Morgan fingerprint density at radius 3 is 2.87 bits per heavy atom. The second-order valence-corrected chi connectivity index (χ2v) is 7.57. The average molecular weight is 425 g/mol. The van der Waals surface area contributed by atoms with Crippen LogP contribution in [-0.2, 0) is 0 Å². The number of ether oxygens (including phenoxy) is 2. The van der Waals surface area contributed by atoms with Gasteiger partial charge in [0.2, 0.25) is 17.5 Å². The van der Waals surface area contributed by atoms with Crippen molar-refractivity contribution in [3.8, 4) is 11.6 Å². The highest BCUT2D eigenvalue weighted by atomic mass is 16.5. The Balaban J connectivity index is 1.59. The van der Waals surface area contributed by atoms with Gasteiger partial charge < -0.3 is 29.0 Å². The van der Waals surface area contributed by atoms with Gasteiger partial charge in [0.05, 0.1) is 25.7 Å². The molecular formula is C22H27N5O4. The summed E-state index contributed by atoms with van der Waals surface area (Å²) in [6, 6.07) is 7.24. The van der Waals surface area contributed by atoms with Gasteiger partial charge in [-0.15, -0.1) is 0 Å². The van der Waals surface area contributed by atoms with Gasteiger partial charge in [-0.25, -0.2) is 0 Å². The monoisotopic (exact) mass is 425 g/mol. The first-order valence-corrected chi connectivity index (χ1v) is 10.3. The number of carbonyl (C=O) groups excluding carboxylic acids is 1. The van der Waals surface area contributed by atoms with Crippen LogP contribution in [0.5, 0.6) is 11.6 Å². The number of rotatable bonds is 6. The van der Waals surface area contributed by atoms with E-state index in [2.05, 4.69) is 34.2 Å². The summed E-state index contributed by atoms with van der Waals surface area (Å²) in [4.78, 5) is 26.0. The molecule has 0 unspecified atom stereocenters. The molecule has 2 aromatic heterocycles. The fourth-order valence-electron chi connectivity index (χ4n) is 3.79. The summed E-state index contributed by atoms with van der Waals surface area (Å²) in [5, 5.41) is 3.86. The van der Waals surface area contributed by atoms with Crippen LogP contribution in [0.25, 0.3) is 11.1 Å². The van der Waals surface area contributed by atoms with Crippen molar-refractivity contribution in [3.63, 3.8) is 0 Å². The molecule has 1 fully saturated rings. The van der Waals surface area contributed by atoms with Gasteiger partial charge in [-0.2, -0.15) is 9.97 Å². The van der Waals surface area contributed by atoms with Gasteiger partial charge >= 0.3 is 0 Å². The number of nitrogens with zero attached hydrogens (tertiary/aromatic N) is 4. The summed E-state index contributed by atoms with van der Waals surface area (Å²) in [6.45, 7) is 6.86. The van der Waals surface area contributed by atoms with Gasteiger partial charge in [0, 0.05) is 31.2 Å². The maximum atomic E-state index is 13.1. The van der Waals surface area contributed by atoms with Crippen LogP contribution in [0.1, 0.15) is 24.2 Å². The lowest BCUT2D eigenvalue weighted by molar-refractivity contribution is 0.0533. The SMILES string of the molecule is CCOc1nc(Nc2ccc(C(=O)N3CCN(C)C[C@H]3C)cc2OC)nc2occc12. The number of amides is 1. The number of likely N-dealkylation sites (N-methyl/N-ethyl adjacent to an activating group) is 1. The molecule has 0 radical (unpaired) electrons. The lowest BCUT2D eigenvalue weighted by Crippen LogP contribution is -2.52. The van der Waals surface area contributed by atoms with Crippen molar-refractivity contribution in [1.82, 2.24) is 19.8 Å². The van der Waals surface area contributed by atoms with Crippen LogP contribution >= 0.6 is 0 Å². The lowest BCUT2D eigenvalue weighted by Gasteiger charge is -2.38. The Bertz CT molecular complexity index is 1080. The number of methoxy groups -OCH3 is 1. The van der Waals surface area contributed by atoms with Crippen LogP contribution in [0.15, 0.2) is 34.9 Å². The number of hydrogen-bond donors (Lipinski definition) is 1. The van der Waals surface area contributed by atoms with E-state index in [0.717, 1.165) is 13.1 Å². The topological polar surface area (TPSA) is 93.0 Å². The second kappa shape index (κ2) is 8.81. The quantitative estimate of drug-likeness (QED) is 0.644. The molecule has 9 heteroatoms. The Hall–Kier alpha value is -3.33. The van der Waals surface area contributed by atoms with Gasteiger partial charge in [-0.1, -0.05) is 0 Å². The normalized spacial score (nSPS) is 17.0. The summed E-state index contributed by atoms with van der Waals surface area (Å²) in [5.41, 5.74) is 1.64. The molecule has 0 bridgehead atoms. The smallest absolute Gasteiger partial charge is 0.254 e. The standard InChI is InChI=1S/C22H27N5O4/c1-5-30-19-16-8-11-31-20(16)25-22(24-19)23-17-7-6-15(12-18(17)29-4)21(28)27-10-9-26(3)13-14(27)2/h6-8,11-12,14H,5,9-10,13H2,1-4H3,(H,23,24,25)/t14-/m1/s1. The Morgan fingerprint density at radius 2 is 2.13 bits per heavy atom. The molecule has 1 aromatic carbocycles. The number of benzene rings is 1. The molecule has 9 nitrogen and oxygen atoms in total. The number of piperazine rings is 1. The predicted octanol–water partition coefficient (Wildman–Crippen LogP) is 3.15. The number of carbonyl (C=O) groups is 1. The van der Waals surface area contributed by atoms with Crippen LogP contribution in [-0.4, -0.2) is 72.1 Å². The number of aromatic nitrogens is 2. The molecule has 0 aliphatic carbocycles. The van der Waals surface area contributed by atoms with Gasteiger partial charge in [-0.3, -0.25) is 4.79 Å². The molecule has 1 amide bonds. The molecule has 1 N–H and O–H groups in total. The Labute approximate surface area is 181 Å². The van der Waals surface area contributed by atoms with Crippen LogP contribution in [0.2, 0.25) is 0 Å². The first-order chi connectivity index (χ1) is 15.0. The molecule has 3 aromatic rings. The molecule has 1 aliphatic rings. The summed E-state index contributed by atoms with van der Waals surface area (Å²) in [6.07, 6.45) is 1.55. The summed E-state index contributed by atoms with van der Waals surface area (Å²) >= 11 is 0. The molecule has 1 atom stereocenters. The minimum absolute atomic E-state index is 0.00247. The van der Waals surface area contributed by atoms with E-state index in [-0.39, 0.29) is 11.9 Å². The van der Waals surface area contributed by atoms with E-state index in [1.165, 1.54) is 0 Å². The molecular weight excluding hydrogens is 398 g/mol. The van der Waals surface area contributed by atoms with Crippen LogP contribution in [0, 0.1) is 0 Å². The van der Waals surface area contributed by atoms with Crippen molar-refractivity contribution in [1.29, 1.82) is 0 Å². The number of hydrogen-bond acceptors (Lipinski definition) is 8. The van der Waals surface area contributed by atoms with E-state index in [1.54, 1.807) is 37.6 Å². The van der Waals surface area contributed by atoms with E-state index >= 15 is 0 Å². The third kappa shape index (κ3) is 4.27. The summed E-state index contributed by atoms with van der Waals surface area (Å²) < 4.78 is 16.6. The van der Waals surface area contributed by atoms with Crippen molar-refractivity contribution in [2.75, 3.05) is 45.7 Å². The maximum Gasteiger partial charge on any atom is 0.254 e. The fraction of sp³-hybridized carbons (Fsp3) is 0.409. The van der Waals surface area contributed by atoms with Crippen molar-refractivity contribution in [3.05, 3.63) is 36.1 Å². The van der Waals surface area contributed by atoms with Gasteiger partial charge in [0.25, 0.3) is 5.91 Å². The highest BCUT2D eigenvalue weighted by Gasteiger charge is 2.27. The Morgan fingerprint density at radius 1 is 1.29 bits per heavy atom. The van der Waals surface area contributed by atoms with E-state index in [1.807, 2.05) is 11.8 Å². The van der Waals surface area contributed by atoms with E-state index in [4.69, 9.17) is 13.9 Å². The first-order valence-electron chi connectivity index (χ1n) is 10.3. The first kappa shape index (κ1) is 20.9. The number of furan rings is 1. The predicted molar refractivity (Wildman–Crippen MR) is 117 cm³/mol. The maximum absolute atomic E-state index is 13.1. The van der Waals surface area contributed by atoms with E-state index in [9.17, 15) is 4.79 Å². The fourth-order valence-corrected chi connectivity index (χ4v) is 3.79. The highest BCUT2D eigenvalue weighted by Crippen LogP contribution is 2.31. The molecule has 0 spiro atoms. The van der Waals surface area contributed by atoms with Crippen molar-refractivity contribution in [2.45, 2.75) is 19.9 Å². The summed E-state index contributed by atoms with van der Waals surface area (Å²) in [5.74, 6) is 1.28. The van der Waals surface area contributed by atoms with Gasteiger partial charge in [-0.05, 0) is 45.2 Å². The van der Waals surface area contributed by atoms with Crippen molar-refractivity contribution >= 4 is 28.6 Å².